The van der Waals surface area contributed by atoms with Gasteiger partial charge < -0.3 is 9.73 Å². The summed E-state index contributed by atoms with van der Waals surface area (Å²) >= 11 is 1.46. The Balaban J connectivity index is 1.52. The van der Waals surface area contributed by atoms with Gasteiger partial charge in [-0.25, -0.2) is 4.39 Å². The van der Waals surface area contributed by atoms with Crippen molar-refractivity contribution in [3.63, 3.8) is 0 Å². The van der Waals surface area contributed by atoms with Gasteiger partial charge in [-0.1, -0.05) is 23.3 Å². The van der Waals surface area contributed by atoms with Crippen LogP contribution < -0.4 is 10.8 Å². The molecule has 2 radical (unpaired) electrons. The number of aromatic nitrogens is 1. The van der Waals surface area contributed by atoms with E-state index in [4.69, 9.17) is 12.3 Å². The Bertz CT molecular complexity index is 1160. The second kappa shape index (κ2) is 7.48. The second-order valence-electron chi connectivity index (χ2n) is 6.14. The van der Waals surface area contributed by atoms with Crippen LogP contribution in [-0.4, -0.2) is 12.8 Å². The minimum Gasteiger partial charge on any atom is -0.424 e. The molecule has 0 fully saturated rings. The number of benzene rings is 3. The lowest BCUT2D eigenvalue weighted by atomic mass is 9.93. The van der Waals surface area contributed by atoms with E-state index in [2.05, 4.69) is 10.3 Å². The lowest BCUT2D eigenvalue weighted by Gasteiger charge is -2.06. The molecule has 0 spiro atoms. The maximum absolute atomic E-state index is 13.0. The van der Waals surface area contributed by atoms with Crippen molar-refractivity contribution in [1.82, 2.24) is 4.98 Å². The molecule has 3 nitrogen and oxygen atoms in total. The molecular formula is C20H11BF4N2OS. The third-order valence-electron chi connectivity index (χ3n) is 4.00. The summed E-state index contributed by atoms with van der Waals surface area (Å²) in [5.41, 5.74) is -0.284. The second-order valence-corrected chi connectivity index (χ2v) is 7.28. The highest BCUT2D eigenvalue weighted by Gasteiger charge is 2.31. The molecule has 1 N–H and O–H groups in total. The van der Waals surface area contributed by atoms with Gasteiger partial charge in [0.1, 0.15) is 24.8 Å². The SMILES string of the molecule is [B]c1cc(C(F)(F)F)cc2nc(Nc3ccc(Sc4ccc(F)cc4)cc3)oc12. The number of fused-ring (bicyclic) bond motifs is 1. The lowest BCUT2D eigenvalue weighted by Crippen LogP contribution is -2.11. The Kier molecular flexibility index (Phi) is 5.00. The summed E-state index contributed by atoms with van der Waals surface area (Å²) in [5, 5.41) is 2.90. The first-order valence-electron chi connectivity index (χ1n) is 8.36. The van der Waals surface area contributed by atoms with E-state index in [0.717, 1.165) is 21.9 Å². The zero-order valence-electron chi connectivity index (χ0n) is 14.6. The maximum atomic E-state index is 13.0. The number of anilines is 2. The fraction of sp³-hybridized carbons (Fsp3) is 0.0500. The Hall–Kier alpha value is -2.94. The molecule has 29 heavy (non-hydrogen) atoms. The summed E-state index contributed by atoms with van der Waals surface area (Å²) in [6, 6.07) is 15.1. The highest BCUT2D eigenvalue weighted by atomic mass is 32.2. The molecule has 0 aliphatic carbocycles. The van der Waals surface area contributed by atoms with Crippen molar-refractivity contribution in [2.75, 3.05) is 5.32 Å². The number of rotatable bonds is 4. The molecule has 0 amide bonds. The van der Waals surface area contributed by atoms with Crippen molar-refractivity contribution in [2.45, 2.75) is 16.0 Å². The van der Waals surface area contributed by atoms with Crippen LogP contribution in [0.3, 0.4) is 0 Å². The molecule has 0 bridgehead atoms. The number of nitrogens with zero attached hydrogens (tertiary/aromatic N) is 1. The van der Waals surface area contributed by atoms with E-state index in [1.54, 1.807) is 24.3 Å². The molecule has 9 heteroatoms. The number of oxazole rings is 1. The maximum Gasteiger partial charge on any atom is 0.416 e. The Labute approximate surface area is 168 Å². The summed E-state index contributed by atoms with van der Waals surface area (Å²) < 4.78 is 57.2. The van der Waals surface area contributed by atoms with Crippen LogP contribution in [0, 0.1) is 5.82 Å². The van der Waals surface area contributed by atoms with Gasteiger partial charge in [0.2, 0.25) is 0 Å². The average molecular weight is 414 g/mol. The smallest absolute Gasteiger partial charge is 0.416 e. The molecule has 0 saturated heterocycles. The van der Waals surface area contributed by atoms with Gasteiger partial charge in [0.05, 0.1) is 5.56 Å². The van der Waals surface area contributed by atoms with Gasteiger partial charge in [-0.15, -0.1) is 0 Å². The van der Waals surface area contributed by atoms with Crippen molar-refractivity contribution >= 4 is 47.9 Å². The summed E-state index contributed by atoms with van der Waals surface area (Å²) in [6.07, 6.45) is -4.52. The summed E-state index contributed by atoms with van der Waals surface area (Å²) in [4.78, 5) is 5.86. The average Bonchev–Trinajstić information content (AvgIpc) is 3.08. The van der Waals surface area contributed by atoms with Gasteiger partial charge in [-0.3, -0.25) is 0 Å². The quantitative estimate of drug-likeness (QED) is 0.345. The van der Waals surface area contributed by atoms with E-state index in [1.807, 2.05) is 12.1 Å². The normalized spacial score (nSPS) is 11.7. The fourth-order valence-electron chi connectivity index (χ4n) is 2.64. The van der Waals surface area contributed by atoms with E-state index in [1.165, 1.54) is 23.9 Å². The van der Waals surface area contributed by atoms with Gasteiger partial charge in [-0.05, 0) is 54.6 Å². The fourth-order valence-corrected chi connectivity index (χ4v) is 3.46. The minimum absolute atomic E-state index is 0.0170. The standard InChI is InChI=1S/C20H11BF4N2OS/c21-16-9-11(20(23,24)25)10-17-18(16)28-19(27-17)26-13-3-7-15(8-4-13)29-14-5-1-12(22)2-6-14/h1-10H,(H,26,27). The molecular weight excluding hydrogens is 403 g/mol. The first-order chi connectivity index (χ1) is 13.8. The van der Waals surface area contributed by atoms with Gasteiger partial charge in [0, 0.05) is 15.5 Å². The van der Waals surface area contributed by atoms with Crippen LogP contribution in [0.2, 0.25) is 0 Å². The molecule has 0 atom stereocenters. The van der Waals surface area contributed by atoms with E-state index < -0.39 is 11.7 Å². The number of hydrogen-bond donors (Lipinski definition) is 1. The van der Waals surface area contributed by atoms with Crippen molar-refractivity contribution in [3.05, 3.63) is 72.0 Å². The van der Waals surface area contributed by atoms with Crippen LogP contribution in [0.4, 0.5) is 29.3 Å². The van der Waals surface area contributed by atoms with Gasteiger partial charge in [0.15, 0.2) is 0 Å². The van der Waals surface area contributed by atoms with Gasteiger partial charge in [-0.2, -0.15) is 18.2 Å². The van der Waals surface area contributed by atoms with Crippen molar-refractivity contribution in [3.8, 4) is 0 Å². The molecule has 3 aromatic carbocycles. The number of alkyl halides is 3. The molecule has 0 aliphatic heterocycles. The van der Waals surface area contributed by atoms with E-state index in [9.17, 15) is 17.6 Å². The zero-order chi connectivity index (χ0) is 20.6. The highest BCUT2D eigenvalue weighted by molar-refractivity contribution is 7.99. The Morgan fingerprint density at radius 2 is 1.55 bits per heavy atom. The molecule has 4 aromatic rings. The van der Waals surface area contributed by atoms with Gasteiger partial charge >= 0.3 is 6.18 Å². The highest BCUT2D eigenvalue weighted by Crippen LogP contribution is 2.32. The third-order valence-corrected chi connectivity index (χ3v) is 5.02. The molecule has 0 aliphatic rings. The van der Waals surface area contributed by atoms with E-state index in [-0.39, 0.29) is 28.4 Å². The first-order valence-corrected chi connectivity index (χ1v) is 9.17. The summed E-state index contributed by atoms with van der Waals surface area (Å²) in [7, 11) is 5.68. The van der Waals surface area contributed by atoms with Crippen LogP contribution in [-0.2, 0) is 6.18 Å². The molecule has 0 saturated carbocycles. The van der Waals surface area contributed by atoms with Crippen molar-refractivity contribution in [1.29, 1.82) is 0 Å². The third kappa shape index (κ3) is 4.40. The molecule has 144 valence electrons. The minimum atomic E-state index is -4.52. The van der Waals surface area contributed by atoms with Crippen LogP contribution in [0.15, 0.2) is 74.9 Å². The van der Waals surface area contributed by atoms with E-state index in [0.29, 0.717) is 5.69 Å². The number of nitrogens with one attached hydrogen (secondary N) is 1. The molecule has 0 unspecified atom stereocenters. The van der Waals surface area contributed by atoms with Crippen LogP contribution in [0.5, 0.6) is 0 Å². The zero-order valence-corrected chi connectivity index (χ0v) is 15.4. The monoisotopic (exact) mass is 414 g/mol. The lowest BCUT2D eigenvalue weighted by molar-refractivity contribution is -0.137. The predicted octanol–water partition coefficient (Wildman–Crippen LogP) is 5.67. The number of hydrogen-bond acceptors (Lipinski definition) is 4. The van der Waals surface area contributed by atoms with Crippen molar-refractivity contribution < 1.29 is 22.0 Å². The Morgan fingerprint density at radius 3 is 2.17 bits per heavy atom. The number of halogens is 4. The van der Waals surface area contributed by atoms with Crippen LogP contribution in [0.25, 0.3) is 11.1 Å². The summed E-state index contributed by atoms with van der Waals surface area (Å²) in [6.45, 7) is 0. The molecule has 1 aromatic heterocycles. The largest absolute Gasteiger partial charge is 0.424 e. The van der Waals surface area contributed by atoms with Crippen LogP contribution in [0.1, 0.15) is 5.56 Å². The molecule has 4 rings (SSSR count). The first kappa shape index (κ1) is 19.4. The predicted molar refractivity (Wildman–Crippen MR) is 105 cm³/mol. The van der Waals surface area contributed by atoms with Crippen molar-refractivity contribution in [2.24, 2.45) is 0 Å². The van der Waals surface area contributed by atoms with E-state index >= 15 is 0 Å². The Morgan fingerprint density at radius 1 is 0.931 bits per heavy atom. The van der Waals surface area contributed by atoms with Crippen LogP contribution >= 0.6 is 11.8 Å². The summed E-state index contributed by atoms with van der Waals surface area (Å²) in [5.74, 6) is -0.296. The topological polar surface area (TPSA) is 38.1 Å². The van der Waals surface area contributed by atoms with Gasteiger partial charge in [0.25, 0.3) is 6.01 Å². The molecule has 1 heterocycles.